The second kappa shape index (κ2) is 9.76. The predicted molar refractivity (Wildman–Crippen MR) is 127 cm³/mol. The SMILES string of the molecule is CCOC(=O)c1c(NC(=O)c2ccc(COc3ccccc3)cc2)sc2c1CCS(=O)(=O)C2. The first-order valence-corrected chi connectivity index (χ1v) is 13.1. The van der Waals surface area contributed by atoms with Gasteiger partial charge in [0, 0.05) is 10.4 Å². The number of hydrogen-bond acceptors (Lipinski definition) is 7. The number of ether oxygens (including phenoxy) is 2. The highest BCUT2D eigenvalue weighted by Crippen LogP contribution is 2.38. The molecule has 1 aromatic heterocycles. The van der Waals surface area contributed by atoms with Crippen LogP contribution in [0.25, 0.3) is 0 Å². The van der Waals surface area contributed by atoms with Gasteiger partial charge >= 0.3 is 5.97 Å². The number of thiophene rings is 1. The summed E-state index contributed by atoms with van der Waals surface area (Å²) in [5, 5.41) is 3.10. The van der Waals surface area contributed by atoms with E-state index in [2.05, 4.69) is 5.32 Å². The first kappa shape index (κ1) is 23.0. The summed E-state index contributed by atoms with van der Waals surface area (Å²) >= 11 is 1.12. The van der Waals surface area contributed by atoms with Crippen molar-refractivity contribution in [2.24, 2.45) is 0 Å². The Kier molecular flexibility index (Phi) is 6.80. The van der Waals surface area contributed by atoms with Crippen molar-refractivity contribution in [2.75, 3.05) is 17.7 Å². The molecular weight excluding hydrogens is 462 g/mol. The van der Waals surface area contributed by atoms with Gasteiger partial charge in [0.15, 0.2) is 9.84 Å². The van der Waals surface area contributed by atoms with Gasteiger partial charge in [0.1, 0.15) is 17.4 Å². The molecule has 3 aromatic rings. The number of nitrogens with one attached hydrogen (secondary N) is 1. The lowest BCUT2D eigenvalue weighted by molar-refractivity contribution is 0.0527. The average molecular weight is 486 g/mol. The molecule has 0 unspecified atom stereocenters. The minimum Gasteiger partial charge on any atom is -0.489 e. The largest absolute Gasteiger partial charge is 0.489 e. The summed E-state index contributed by atoms with van der Waals surface area (Å²) in [5.41, 5.74) is 2.22. The third kappa shape index (κ3) is 5.43. The standard InChI is InChI=1S/C24H23NO6S2/c1-2-30-24(27)21-19-12-13-33(28,29)15-20(19)32-23(21)25-22(26)17-10-8-16(9-11-17)14-31-18-6-4-3-5-7-18/h3-11H,2,12-15H2,1H3,(H,25,26). The van der Waals surface area contributed by atoms with Crippen LogP contribution in [0.15, 0.2) is 54.6 Å². The van der Waals surface area contributed by atoms with Crippen LogP contribution in [-0.4, -0.2) is 32.7 Å². The van der Waals surface area contributed by atoms with E-state index >= 15 is 0 Å². The molecule has 0 saturated carbocycles. The highest BCUT2D eigenvalue weighted by molar-refractivity contribution is 7.90. The number of amides is 1. The summed E-state index contributed by atoms with van der Waals surface area (Å²) in [7, 11) is -3.21. The summed E-state index contributed by atoms with van der Waals surface area (Å²) in [6.45, 7) is 2.25. The lowest BCUT2D eigenvalue weighted by atomic mass is 10.1. The molecule has 2 heterocycles. The first-order chi connectivity index (χ1) is 15.9. The fourth-order valence-corrected chi connectivity index (χ4v) is 6.57. The van der Waals surface area contributed by atoms with Crippen LogP contribution in [0.3, 0.4) is 0 Å². The summed E-state index contributed by atoms with van der Waals surface area (Å²) in [6, 6.07) is 16.4. The Labute approximate surface area is 196 Å². The molecule has 4 rings (SSSR count). The van der Waals surface area contributed by atoms with Crippen LogP contribution in [-0.2, 0) is 33.4 Å². The van der Waals surface area contributed by atoms with Gasteiger partial charge in [-0.15, -0.1) is 11.3 Å². The van der Waals surface area contributed by atoms with E-state index < -0.39 is 21.7 Å². The van der Waals surface area contributed by atoms with Crippen molar-refractivity contribution in [1.82, 2.24) is 0 Å². The maximum absolute atomic E-state index is 12.9. The Morgan fingerprint density at radius 2 is 1.79 bits per heavy atom. The summed E-state index contributed by atoms with van der Waals surface area (Å²) in [6.07, 6.45) is 0.230. The molecule has 0 radical (unpaired) electrons. The molecule has 0 aliphatic carbocycles. The minimum absolute atomic E-state index is 0.0248. The number of benzene rings is 2. The van der Waals surface area contributed by atoms with Crippen LogP contribution in [0.2, 0.25) is 0 Å². The highest BCUT2D eigenvalue weighted by Gasteiger charge is 2.32. The third-order valence-corrected chi connectivity index (χ3v) is 8.06. The van der Waals surface area contributed by atoms with Crippen molar-refractivity contribution in [3.8, 4) is 5.75 Å². The van der Waals surface area contributed by atoms with Crippen LogP contribution >= 0.6 is 11.3 Å². The van der Waals surface area contributed by atoms with Gasteiger partial charge in [0.05, 0.1) is 23.7 Å². The van der Waals surface area contributed by atoms with Crippen molar-refractivity contribution >= 4 is 38.1 Å². The topological polar surface area (TPSA) is 98.8 Å². The van der Waals surface area contributed by atoms with Gasteiger partial charge in [-0.05, 0) is 48.7 Å². The molecule has 172 valence electrons. The second-order valence-corrected chi connectivity index (χ2v) is 10.8. The number of fused-ring (bicyclic) bond motifs is 1. The molecule has 0 saturated heterocycles. The molecule has 1 aliphatic rings. The van der Waals surface area contributed by atoms with E-state index in [9.17, 15) is 18.0 Å². The number of carbonyl (C=O) groups excluding carboxylic acids is 2. The Morgan fingerprint density at radius 3 is 2.48 bits per heavy atom. The van der Waals surface area contributed by atoms with E-state index in [4.69, 9.17) is 9.47 Å². The molecule has 1 amide bonds. The summed E-state index contributed by atoms with van der Waals surface area (Å²) in [5.74, 6) is -0.348. The van der Waals surface area contributed by atoms with Crippen molar-refractivity contribution in [2.45, 2.75) is 25.7 Å². The molecule has 1 aliphatic heterocycles. The Balaban J connectivity index is 1.50. The maximum atomic E-state index is 12.9. The maximum Gasteiger partial charge on any atom is 0.341 e. The minimum atomic E-state index is -3.21. The fraction of sp³-hybridized carbons (Fsp3) is 0.250. The molecule has 0 spiro atoms. The Hall–Kier alpha value is -3.17. The van der Waals surface area contributed by atoms with E-state index in [1.807, 2.05) is 30.3 Å². The number of sulfone groups is 1. The predicted octanol–water partition coefficient (Wildman–Crippen LogP) is 4.23. The molecule has 33 heavy (non-hydrogen) atoms. The van der Waals surface area contributed by atoms with Crippen LogP contribution in [0.4, 0.5) is 5.00 Å². The van der Waals surface area contributed by atoms with Crippen molar-refractivity contribution in [1.29, 1.82) is 0 Å². The lowest BCUT2D eigenvalue weighted by Gasteiger charge is -2.13. The number of carbonyl (C=O) groups is 2. The zero-order valence-corrected chi connectivity index (χ0v) is 19.6. The first-order valence-electron chi connectivity index (χ1n) is 10.5. The van der Waals surface area contributed by atoms with Gasteiger partial charge in [-0.2, -0.15) is 0 Å². The molecule has 0 fully saturated rings. The molecule has 0 bridgehead atoms. The van der Waals surface area contributed by atoms with Gasteiger partial charge in [0.25, 0.3) is 5.91 Å². The average Bonchev–Trinajstić information content (AvgIpc) is 3.14. The van der Waals surface area contributed by atoms with Gasteiger partial charge in [0.2, 0.25) is 0 Å². The quantitative estimate of drug-likeness (QED) is 0.503. The van der Waals surface area contributed by atoms with Crippen LogP contribution < -0.4 is 10.1 Å². The van der Waals surface area contributed by atoms with Crippen molar-refractivity contribution in [3.63, 3.8) is 0 Å². The van der Waals surface area contributed by atoms with E-state index in [0.717, 1.165) is 22.6 Å². The Bertz CT molecular complexity index is 1260. The summed E-state index contributed by atoms with van der Waals surface area (Å²) in [4.78, 5) is 26.0. The summed E-state index contributed by atoms with van der Waals surface area (Å²) < 4.78 is 35.0. The number of hydrogen-bond donors (Lipinski definition) is 1. The zero-order chi connectivity index (χ0) is 23.4. The normalized spacial score (nSPS) is 14.2. The zero-order valence-electron chi connectivity index (χ0n) is 18.0. The van der Waals surface area contributed by atoms with Crippen LogP contribution in [0.5, 0.6) is 5.75 Å². The van der Waals surface area contributed by atoms with E-state index in [0.29, 0.717) is 27.6 Å². The van der Waals surface area contributed by atoms with Crippen molar-refractivity contribution < 1.29 is 27.5 Å². The third-order valence-electron chi connectivity index (χ3n) is 5.18. The molecular formula is C24H23NO6S2. The second-order valence-electron chi connectivity index (χ2n) is 7.52. The molecule has 2 aromatic carbocycles. The number of para-hydroxylation sites is 1. The molecule has 1 N–H and O–H groups in total. The monoisotopic (exact) mass is 485 g/mol. The number of rotatable bonds is 7. The van der Waals surface area contributed by atoms with Crippen molar-refractivity contribution in [3.05, 3.63) is 81.7 Å². The van der Waals surface area contributed by atoms with Gasteiger partial charge in [-0.25, -0.2) is 13.2 Å². The molecule has 7 nitrogen and oxygen atoms in total. The number of esters is 1. The van der Waals surface area contributed by atoms with E-state index in [1.165, 1.54) is 0 Å². The van der Waals surface area contributed by atoms with E-state index in [-0.39, 0.29) is 30.1 Å². The lowest BCUT2D eigenvalue weighted by Crippen LogP contribution is -2.20. The Morgan fingerprint density at radius 1 is 1.06 bits per heavy atom. The van der Waals surface area contributed by atoms with Crippen LogP contribution in [0.1, 0.15) is 43.6 Å². The molecule has 9 heteroatoms. The van der Waals surface area contributed by atoms with E-state index in [1.54, 1.807) is 31.2 Å². The fourth-order valence-electron chi connectivity index (χ4n) is 3.54. The van der Waals surface area contributed by atoms with Gasteiger partial charge in [-0.3, -0.25) is 4.79 Å². The molecule has 0 atom stereocenters. The number of anilines is 1. The highest BCUT2D eigenvalue weighted by atomic mass is 32.2. The van der Waals surface area contributed by atoms with Crippen LogP contribution in [0, 0.1) is 0 Å². The smallest absolute Gasteiger partial charge is 0.341 e. The van der Waals surface area contributed by atoms with Gasteiger partial charge in [-0.1, -0.05) is 30.3 Å². The van der Waals surface area contributed by atoms with Gasteiger partial charge < -0.3 is 14.8 Å².